The lowest BCUT2D eigenvalue weighted by Gasteiger charge is -2.26. The van der Waals surface area contributed by atoms with E-state index in [0.717, 1.165) is 6.26 Å². The Hall–Kier alpha value is -1.88. The Kier molecular flexibility index (Phi) is 6.45. The number of nitrogens with two attached hydrogens (primary N) is 1. The molecule has 0 aromatic carbocycles. The first kappa shape index (κ1) is 20.4. The number of halogens is 2. The number of nitrogens with zero attached hydrogens (tertiary/aromatic N) is 5. The second-order valence-corrected chi connectivity index (χ2v) is 8.67. The second kappa shape index (κ2) is 8.21. The van der Waals surface area contributed by atoms with E-state index in [1.165, 1.54) is 15.0 Å². The fourth-order valence-electron chi connectivity index (χ4n) is 2.61. The fourth-order valence-corrected chi connectivity index (χ4v) is 3.50. The van der Waals surface area contributed by atoms with Crippen LogP contribution in [-0.4, -0.2) is 57.8 Å². The first-order valence-corrected chi connectivity index (χ1v) is 10.2. The van der Waals surface area contributed by atoms with E-state index in [9.17, 15) is 17.2 Å². The van der Waals surface area contributed by atoms with Crippen LogP contribution in [0.3, 0.4) is 0 Å². The minimum atomic E-state index is -3.17. The molecule has 0 saturated carbocycles. The fraction of sp³-hybridized carbons (Fsp3) is 0.667. The minimum absolute atomic E-state index is 0.0405. The monoisotopic (exact) mass is 390 g/mol. The predicted octanol–water partition coefficient (Wildman–Crippen LogP) is 1.42. The molecule has 8 nitrogen and oxygen atoms in total. The Labute approximate surface area is 151 Å². The van der Waals surface area contributed by atoms with Gasteiger partial charge in [-0.1, -0.05) is 13.8 Å². The Balaban J connectivity index is 0.000000197. The average Bonchev–Trinajstić information content (AvgIpc) is 2.82. The summed E-state index contributed by atoms with van der Waals surface area (Å²) in [6.07, 6.45) is 3.26. The molecule has 0 spiro atoms. The summed E-state index contributed by atoms with van der Waals surface area (Å²) in [5.74, 6) is 0.522. The topological polar surface area (TPSA) is 106 Å². The third kappa shape index (κ3) is 5.31. The van der Waals surface area contributed by atoms with E-state index in [0.29, 0.717) is 37.5 Å². The molecule has 3 rings (SSSR count). The highest BCUT2D eigenvalue weighted by Crippen LogP contribution is 2.15. The van der Waals surface area contributed by atoms with Crippen LogP contribution in [0.25, 0.3) is 5.52 Å². The van der Waals surface area contributed by atoms with E-state index in [1.54, 1.807) is 0 Å². The summed E-state index contributed by atoms with van der Waals surface area (Å²) in [4.78, 5) is 7.54. The van der Waals surface area contributed by atoms with Crippen molar-refractivity contribution >= 4 is 21.5 Å². The molecule has 1 unspecified atom stereocenters. The van der Waals surface area contributed by atoms with E-state index in [-0.39, 0.29) is 18.0 Å². The van der Waals surface area contributed by atoms with Crippen LogP contribution in [0.2, 0.25) is 0 Å². The quantitative estimate of drug-likeness (QED) is 0.850. The zero-order chi connectivity index (χ0) is 19.5. The second-order valence-electron chi connectivity index (χ2n) is 6.69. The van der Waals surface area contributed by atoms with E-state index < -0.39 is 22.1 Å². The van der Waals surface area contributed by atoms with Gasteiger partial charge in [0, 0.05) is 19.5 Å². The van der Waals surface area contributed by atoms with Crippen molar-refractivity contribution in [3.63, 3.8) is 0 Å². The van der Waals surface area contributed by atoms with Gasteiger partial charge in [-0.15, -0.1) is 5.10 Å². The summed E-state index contributed by atoms with van der Waals surface area (Å²) in [6, 6.07) is 0. The molecule has 1 atom stereocenters. The zero-order valence-corrected chi connectivity index (χ0v) is 15.9. The molecule has 146 valence electrons. The molecular weight excluding hydrogens is 366 g/mol. The van der Waals surface area contributed by atoms with Crippen LogP contribution in [-0.2, 0) is 16.4 Å². The van der Waals surface area contributed by atoms with Gasteiger partial charge in [-0.2, -0.15) is 8.70 Å². The molecule has 2 N–H and O–H groups in total. The van der Waals surface area contributed by atoms with Gasteiger partial charge in [0.15, 0.2) is 0 Å². The summed E-state index contributed by atoms with van der Waals surface area (Å²) >= 11 is 0. The molecule has 0 amide bonds. The molecule has 2 aromatic rings. The van der Waals surface area contributed by atoms with Gasteiger partial charge in [-0.05, 0) is 18.8 Å². The Morgan fingerprint density at radius 2 is 2.12 bits per heavy atom. The molecule has 1 aliphatic heterocycles. The Morgan fingerprint density at radius 1 is 1.42 bits per heavy atom. The standard InChI is InChI=1S/C9H12FN5.C6H12FNO2S/c1-5(2)3-7-13-8(10)6-4-12-9(11)14-15(6)7;1-11(9,10)8-4-2-3-6(7)5-8/h4-5H,3H2,1-2H3,(H2,11,14);6H,2-5H2,1H3. The minimum Gasteiger partial charge on any atom is -0.367 e. The maximum atomic E-state index is 13.3. The Bertz CT molecular complexity index is 855. The van der Waals surface area contributed by atoms with E-state index in [4.69, 9.17) is 5.73 Å². The highest BCUT2D eigenvalue weighted by molar-refractivity contribution is 7.88. The average molecular weight is 390 g/mol. The van der Waals surface area contributed by atoms with Crippen molar-refractivity contribution in [3.8, 4) is 0 Å². The number of fused-ring (bicyclic) bond motifs is 1. The van der Waals surface area contributed by atoms with Gasteiger partial charge in [0.2, 0.25) is 21.9 Å². The molecule has 1 saturated heterocycles. The third-order valence-electron chi connectivity index (χ3n) is 3.82. The van der Waals surface area contributed by atoms with E-state index in [1.807, 2.05) is 13.8 Å². The highest BCUT2D eigenvalue weighted by Gasteiger charge is 2.25. The lowest BCUT2D eigenvalue weighted by Crippen LogP contribution is -2.39. The van der Waals surface area contributed by atoms with Crippen molar-refractivity contribution in [1.82, 2.24) is 23.9 Å². The summed E-state index contributed by atoms with van der Waals surface area (Å²) in [7, 11) is -3.17. The maximum absolute atomic E-state index is 13.3. The van der Waals surface area contributed by atoms with Gasteiger partial charge < -0.3 is 5.73 Å². The van der Waals surface area contributed by atoms with Gasteiger partial charge in [0.05, 0.1) is 12.5 Å². The summed E-state index contributed by atoms with van der Waals surface area (Å²) in [6.45, 7) is 4.57. The number of hydrogen-bond donors (Lipinski definition) is 1. The lowest BCUT2D eigenvalue weighted by molar-refractivity contribution is 0.203. The smallest absolute Gasteiger partial charge is 0.242 e. The lowest BCUT2D eigenvalue weighted by atomic mass is 10.1. The van der Waals surface area contributed by atoms with Crippen LogP contribution >= 0.6 is 0 Å². The van der Waals surface area contributed by atoms with Crippen molar-refractivity contribution < 1.29 is 17.2 Å². The number of rotatable bonds is 3. The van der Waals surface area contributed by atoms with Crippen molar-refractivity contribution in [2.75, 3.05) is 25.1 Å². The normalized spacial score (nSPS) is 18.8. The zero-order valence-electron chi connectivity index (χ0n) is 15.1. The van der Waals surface area contributed by atoms with Gasteiger partial charge >= 0.3 is 0 Å². The first-order chi connectivity index (χ1) is 12.1. The van der Waals surface area contributed by atoms with Crippen LogP contribution in [0, 0.1) is 11.9 Å². The third-order valence-corrected chi connectivity index (χ3v) is 5.09. The number of imidazole rings is 1. The van der Waals surface area contributed by atoms with Gasteiger partial charge in [-0.3, -0.25) is 0 Å². The van der Waals surface area contributed by atoms with Crippen molar-refractivity contribution in [1.29, 1.82) is 0 Å². The van der Waals surface area contributed by atoms with Crippen LogP contribution < -0.4 is 5.73 Å². The number of hydrogen-bond acceptors (Lipinski definition) is 6. The molecule has 0 radical (unpaired) electrons. The molecule has 1 fully saturated rings. The van der Waals surface area contributed by atoms with Crippen LogP contribution in [0.1, 0.15) is 32.5 Å². The summed E-state index contributed by atoms with van der Waals surface area (Å²) in [5.41, 5.74) is 5.70. The number of piperidine rings is 1. The van der Waals surface area contributed by atoms with Crippen molar-refractivity contribution in [3.05, 3.63) is 18.0 Å². The van der Waals surface area contributed by atoms with Crippen LogP contribution in [0.15, 0.2) is 6.20 Å². The van der Waals surface area contributed by atoms with E-state index >= 15 is 0 Å². The van der Waals surface area contributed by atoms with Crippen LogP contribution in [0.5, 0.6) is 0 Å². The van der Waals surface area contributed by atoms with Gasteiger partial charge in [-0.25, -0.2) is 27.3 Å². The number of sulfonamides is 1. The summed E-state index contributed by atoms with van der Waals surface area (Å²) < 4.78 is 50.4. The van der Waals surface area contributed by atoms with Crippen molar-refractivity contribution in [2.45, 2.75) is 39.3 Å². The molecule has 3 heterocycles. The molecular formula is C15H24F2N6O2S. The number of anilines is 1. The largest absolute Gasteiger partial charge is 0.367 e. The number of nitrogen functional groups attached to an aromatic ring is 1. The van der Waals surface area contributed by atoms with E-state index in [2.05, 4.69) is 15.1 Å². The Morgan fingerprint density at radius 3 is 2.65 bits per heavy atom. The first-order valence-electron chi connectivity index (χ1n) is 8.32. The molecule has 2 aromatic heterocycles. The maximum Gasteiger partial charge on any atom is 0.242 e. The molecule has 26 heavy (non-hydrogen) atoms. The molecule has 0 aliphatic carbocycles. The van der Waals surface area contributed by atoms with Crippen LogP contribution in [0.4, 0.5) is 14.7 Å². The van der Waals surface area contributed by atoms with Crippen molar-refractivity contribution in [2.24, 2.45) is 5.92 Å². The molecule has 1 aliphatic rings. The SMILES string of the molecule is CC(C)Cc1nc(F)c2cnc(N)nn12.CS(=O)(=O)N1CCCC(F)C1. The molecule has 11 heteroatoms. The number of aromatic nitrogens is 4. The molecule has 0 bridgehead atoms. The van der Waals surface area contributed by atoms with Gasteiger partial charge in [0.25, 0.3) is 0 Å². The highest BCUT2D eigenvalue weighted by atomic mass is 32.2. The number of alkyl halides is 1. The van der Waals surface area contributed by atoms with Gasteiger partial charge in [0.1, 0.15) is 17.5 Å². The summed E-state index contributed by atoms with van der Waals surface area (Å²) in [5, 5.41) is 3.93. The predicted molar refractivity (Wildman–Crippen MR) is 94.2 cm³/mol.